The number of benzene rings is 2. The Kier molecular flexibility index (Phi) is 8.95. The van der Waals surface area contributed by atoms with E-state index in [1.54, 1.807) is 28.4 Å². The molecule has 0 radical (unpaired) electrons. The maximum atomic E-state index is 5.52. The predicted octanol–water partition coefficient (Wildman–Crippen LogP) is 3.02. The van der Waals surface area contributed by atoms with Gasteiger partial charge in [-0.1, -0.05) is 12.1 Å². The quantitative estimate of drug-likeness (QED) is 0.471. The van der Waals surface area contributed by atoms with Gasteiger partial charge < -0.3 is 29.6 Å². The van der Waals surface area contributed by atoms with E-state index < -0.39 is 0 Å². The molecule has 0 fully saturated rings. The lowest BCUT2D eigenvalue weighted by molar-refractivity contribution is 0.368. The van der Waals surface area contributed by atoms with Crippen LogP contribution in [0.2, 0.25) is 0 Å². The Bertz CT molecular complexity index is 766. The zero-order valence-electron chi connectivity index (χ0n) is 17.9. The Balaban J connectivity index is 2.03. The number of rotatable bonds is 10. The minimum absolute atomic E-state index is 0.578. The SMILES string of the molecule is CCNC(=NCc1ccc(OC)cc1)NCCc1c(OC)cc(OC)cc1OC. The molecule has 0 heterocycles. The third-order valence-corrected chi connectivity index (χ3v) is 4.41. The van der Waals surface area contributed by atoms with Crippen LogP contribution in [0.3, 0.4) is 0 Å². The normalized spacial score (nSPS) is 11.0. The molecule has 0 saturated heterocycles. The molecular formula is C22H31N3O4. The van der Waals surface area contributed by atoms with Crippen LogP contribution < -0.4 is 29.6 Å². The van der Waals surface area contributed by atoms with Crippen molar-refractivity contribution >= 4 is 5.96 Å². The summed E-state index contributed by atoms with van der Waals surface area (Å²) in [6.07, 6.45) is 0.712. The summed E-state index contributed by atoms with van der Waals surface area (Å²) >= 11 is 0. The van der Waals surface area contributed by atoms with Crippen LogP contribution in [0.4, 0.5) is 0 Å². The molecule has 0 aliphatic heterocycles. The van der Waals surface area contributed by atoms with Crippen LogP contribution in [0.5, 0.6) is 23.0 Å². The smallest absolute Gasteiger partial charge is 0.191 e. The zero-order chi connectivity index (χ0) is 21.1. The fraction of sp³-hybridized carbons (Fsp3) is 0.409. The van der Waals surface area contributed by atoms with Gasteiger partial charge >= 0.3 is 0 Å². The second-order valence-corrected chi connectivity index (χ2v) is 6.23. The van der Waals surface area contributed by atoms with Gasteiger partial charge in [0.05, 0.1) is 35.0 Å². The summed E-state index contributed by atoms with van der Waals surface area (Å²) in [6, 6.07) is 11.6. The van der Waals surface area contributed by atoms with E-state index in [4.69, 9.17) is 18.9 Å². The van der Waals surface area contributed by atoms with Crippen molar-refractivity contribution in [2.24, 2.45) is 4.99 Å². The lowest BCUT2D eigenvalue weighted by Crippen LogP contribution is -2.38. The van der Waals surface area contributed by atoms with Crippen LogP contribution in [0.1, 0.15) is 18.1 Å². The van der Waals surface area contributed by atoms with Crippen molar-refractivity contribution in [1.29, 1.82) is 0 Å². The van der Waals surface area contributed by atoms with Gasteiger partial charge in [0.25, 0.3) is 0 Å². The highest BCUT2D eigenvalue weighted by Gasteiger charge is 2.13. The molecule has 0 bridgehead atoms. The number of ether oxygens (including phenoxy) is 4. The summed E-state index contributed by atoms with van der Waals surface area (Å²) in [4.78, 5) is 4.65. The molecule has 7 nitrogen and oxygen atoms in total. The van der Waals surface area contributed by atoms with E-state index in [-0.39, 0.29) is 0 Å². The van der Waals surface area contributed by atoms with Gasteiger partial charge in [0, 0.05) is 30.8 Å². The Morgan fingerprint density at radius 2 is 1.45 bits per heavy atom. The van der Waals surface area contributed by atoms with E-state index in [2.05, 4.69) is 15.6 Å². The largest absolute Gasteiger partial charge is 0.497 e. The summed E-state index contributed by atoms with van der Waals surface area (Å²) in [6.45, 7) is 4.08. The molecule has 7 heteroatoms. The summed E-state index contributed by atoms with van der Waals surface area (Å²) < 4.78 is 21.5. The second kappa shape index (κ2) is 11.7. The van der Waals surface area contributed by atoms with Gasteiger partial charge in [-0.05, 0) is 31.0 Å². The first kappa shape index (κ1) is 22.2. The molecule has 2 aromatic carbocycles. The molecule has 2 N–H and O–H groups in total. The van der Waals surface area contributed by atoms with E-state index >= 15 is 0 Å². The van der Waals surface area contributed by atoms with E-state index in [1.165, 1.54) is 0 Å². The van der Waals surface area contributed by atoms with E-state index in [1.807, 2.05) is 43.3 Å². The van der Waals surface area contributed by atoms with Crippen LogP contribution in [0, 0.1) is 0 Å². The van der Waals surface area contributed by atoms with Gasteiger partial charge in [-0.3, -0.25) is 0 Å². The van der Waals surface area contributed by atoms with E-state index in [0.717, 1.165) is 40.9 Å². The summed E-state index contributed by atoms with van der Waals surface area (Å²) in [5.74, 6) is 3.77. The number of nitrogens with one attached hydrogen (secondary N) is 2. The van der Waals surface area contributed by atoms with Crippen LogP contribution in [-0.2, 0) is 13.0 Å². The van der Waals surface area contributed by atoms with E-state index in [9.17, 15) is 0 Å². The number of nitrogens with zero attached hydrogens (tertiary/aromatic N) is 1. The number of aliphatic imine (C=N–C) groups is 1. The molecule has 0 aliphatic carbocycles. The highest BCUT2D eigenvalue weighted by atomic mass is 16.5. The number of hydrogen-bond donors (Lipinski definition) is 2. The lowest BCUT2D eigenvalue weighted by atomic mass is 10.1. The average Bonchev–Trinajstić information content (AvgIpc) is 2.77. The highest BCUT2D eigenvalue weighted by Crippen LogP contribution is 2.34. The Morgan fingerprint density at radius 3 is 1.97 bits per heavy atom. The van der Waals surface area contributed by atoms with Crippen LogP contribution >= 0.6 is 0 Å². The molecule has 158 valence electrons. The third kappa shape index (κ3) is 6.48. The third-order valence-electron chi connectivity index (χ3n) is 4.41. The van der Waals surface area contributed by atoms with Crippen molar-refractivity contribution in [3.8, 4) is 23.0 Å². The van der Waals surface area contributed by atoms with Crippen molar-refractivity contribution in [1.82, 2.24) is 10.6 Å². The van der Waals surface area contributed by atoms with Gasteiger partial charge in [-0.15, -0.1) is 0 Å². The molecule has 2 aromatic rings. The van der Waals surface area contributed by atoms with Crippen molar-refractivity contribution in [3.05, 3.63) is 47.5 Å². The molecule has 0 atom stereocenters. The molecule has 0 aromatic heterocycles. The number of guanidine groups is 1. The zero-order valence-corrected chi connectivity index (χ0v) is 17.9. The Labute approximate surface area is 173 Å². The molecule has 0 amide bonds. The molecule has 0 saturated carbocycles. The minimum Gasteiger partial charge on any atom is -0.497 e. The van der Waals surface area contributed by atoms with E-state index in [0.29, 0.717) is 25.3 Å². The first-order valence-corrected chi connectivity index (χ1v) is 9.59. The molecule has 0 unspecified atom stereocenters. The van der Waals surface area contributed by atoms with Crippen molar-refractivity contribution < 1.29 is 18.9 Å². The molecule has 0 aliphatic rings. The first-order chi connectivity index (χ1) is 14.1. The van der Waals surface area contributed by atoms with Crippen LogP contribution in [0.15, 0.2) is 41.4 Å². The fourth-order valence-electron chi connectivity index (χ4n) is 2.87. The lowest BCUT2D eigenvalue weighted by Gasteiger charge is -2.16. The minimum atomic E-state index is 0.578. The monoisotopic (exact) mass is 401 g/mol. The maximum Gasteiger partial charge on any atom is 0.191 e. The molecule has 2 rings (SSSR count). The van der Waals surface area contributed by atoms with Crippen molar-refractivity contribution in [2.75, 3.05) is 41.5 Å². The van der Waals surface area contributed by atoms with Crippen LogP contribution in [0.25, 0.3) is 0 Å². The van der Waals surface area contributed by atoms with Gasteiger partial charge in [-0.25, -0.2) is 4.99 Å². The molecule has 29 heavy (non-hydrogen) atoms. The molecule has 0 spiro atoms. The van der Waals surface area contributed by atoms with Crippen LogP contribution in [-0.4, -0.2) is 47.5 Å². The highest BCUT2D eigenvalue weighted by molar-refractivity contribution is 5.79. The number of methoxy groups -OCH3 is 4. The van der Waals surface area contributed by atoms with Gasteiger partial charge in [0.1, 0.15) is 23.0 Å². The first-order valence-electron chi connectivity index (χ1n) is 9.59. The second-order valence-electron chi connectivity index (χ2n) is 6.23. The van der Waals surface area contributed by atoms with Crippen molar-refractivity contribution in [3.63, 3.8) is 0 Å². The van der Waals surface area contributed by atoms with Gasteiger partial charge in [0.15, 0.2) is 5.96 Å². The number of hydrogen-bond acceptors (Lipinski definition) is 5. The predicted molar refractivity (Wildman–Crippen MR) is 116 cm³/mol. The summed E-state index contributed by atoms with van der Waals surface area (Å²) in [5.41, 5.74) is 2.09. The summed E-state index contributed by atoms with van der Waals surface area (Å²) in [7, 11) is 6.57. The van der Waals surface area contributed by atoms with Gasteiger partial charge in [-0.2, -0.15) is 0 Å². The Hall–Kier alpha value is -3.09. The fourth-order valence-corrected chi connectivity index (χ4v) is 2.87. The topological polar surface area (TPSA) is 73.3 Å². The molecular weight excluding hydrogens is 370 g/mol. The Morgan fingerprint density at radius 1 is 0.828 bits per heavy atom. The maximum absolute atomic E-state index is 5.52. The average molecular weight is 402 g/mol. The standard InChI is InChI=1S/C22H31N3O4/c1-6-23-22(25-15-16-7-9-17(26-2)10-8-16)24-12-11-19-20(28-4)13-18(27-3)14-21(19)29-5/h7-10,13-14H,6,11-12,15H2,1-5H3,(H2,23,24,25). The van der Waals surface area contributed by atoms with Gasteiger partial charge in [0.2, 0.25) is 0 Å². The summed E-state index contributed by atoms with van der Waals surface area (Å²) in [5, 5.41) is 6.63. The van der Waals surface area contributed by atoms with Crippen molar-refractivity contribution in [2.45, 2.75) is 19.9 Å².